The summed E-state index contributed by atoms with van der Waals surface area (Å²) in [6.45, 7) is 1.82. The number of nitrogens with zero attached hydrogens (tertiary/aromatic N) is 2. The van der Waals surface area contributed by atoms with Gasteiger partial charge in [-0.2, -0.15) is 5.26 Å². The summed E-state index contributed by atoms with van der Waals surface area (Å²) in [5.74, 6) is 5.44. The summed E-state index contributed by atoms with van der Waals surface area (Å²) in [5, 5.41) is 17.8. The van der Waals surface area contributed by atoms with Crippen LogP contribution in [0.4, 0.5) is 0 Å². The van der Waals surface area contributed by atoms with Crippen LogP contribution in [0.2, 0.25) is 5.02 Å². The zero-order valence-electron chi connectivity index (χ0n) is 12.1. The molecule has 0 radical (unpaired) electrons. The quantitative estimate of drug-likeness (QED) is 0.869. The number of carbonyl (C=O) groups is 1. The first kappa shape index (κ1) is 17.0. The predicted molar refractivity (Wildman–Crippen MR) is 81.8 cm³/mol. The third-order valence-corrected chi connectivity index (χ3v) is 3.36. The van der Waals surface area contributed by atoms with E-state index in [0.29, 0.717) is 22.6 Å². The molecule has 0 heterocycles. The number of amides is 1. The van der Waals surface area contributed by atoms with Gasteiger partial charge in [0.1, 0.15) is 0 Å². The van der Waals surface area contributed by atoms with Crippen molar-refractivity contribution in [2.75, 3.05) is 13.7 Å². The first-order valence-electron chi connectivity index (χ1n) is 6.54. The van der Waals surface area contributed by atoms with Gasteiger partial charge >= 0.3 is 0 Å². The van der Waals surface area contributed by atoms with Gasteiger partial charge in [-0.1, -0.05) is 23.4 Å². The first-order chi connectivity index (χ1) is 10.0. The van der Waals surface area contributed by atoms with E-state index in [1.807, 2.05) is 13.0 Å². The molecule has 1 rings (SSSR count). The maximum Gasteiger partial charge on any atom is 0.253 e. The number of hydrogen-bond donors (Lipinski definition) is 1. The van der Waals surface area contributed by atoms with E-state index in [1.54, 1.807) is 25.2 Å². The molecule has 1 unspecified atom stereocenters. The molecule has 0 fully saturated rings. The van der Waals surface area contributed by atoms with Gasteiger partial charge in [-0.3, -0.25) is 4.79 Å². The fourth-order valence-corrected chi connectivity index (χ4v) is 1.86. The van der Waals surface area contributed by atoms with Crippen molar-refractivity contribution >= 4 is 17.5 Å². The number of nitriles is 1. The maximum atomic E-state index is 12.3. The molecule has 0 aliphatic carbocycles. The summed E-state index contributed by atoms with van der Waals surface area (Å²) >= 11 is 6.11. The van der Waals surface area contributed by atoms with Crippen LogP contribution < -0.4 is 0 Å². The fraction of sp³-hybridized carbons (Fsp3) is 0.375. The van der Waals surface area contributed by atoms with E-state index in [9.17, 15) is 4.79 Å². The Labute approximate surface area is 129 Å². The molecule has 4 nitrogen and oxygen atoms in total. The van der Waals surface area contributed by atoms with E-state index in [4.69, 9.17) is 22.0 Å². The number of halogens is 1. The van der Waals surface area contributed by atoms with E-state index in [1.165, 1.54) is 4.90 Å². The summed E-state index contributed by atoms with van der Waals surface area (Å²) in [7, 11) is 1.66. The van der Waals surface area contributed by atoms with Crippen molar-refractivity contribution in [3.63, 3.8) is 0 Å². The second-order valence-electron chi connectivity index (χ2n) is 4.60. The monoisotopic (exact) mass is 304 g/mol. The summed E-state index contributed by atoms with van der Waals surface area (Å²) in [6, 6.07) is 6.80. The summed E-state index contributed by atoms with van der Waals surface area (Å²) in [5.41, 5.74) is 1.08. The third kappa shape index (κ3) is 4.79. The van der Waals surface area contributed by atoms with Crippen LogP contribution in [0.1, 0.15) is 35.7 Å². The van der Waals surface area contributed by atoms with E-state index in [0.717, 1.165) is 0 Å². The third-order valence-electron chi connectivity index (χ3n) is 3.04. The van der Waals surface area contributed by atoms with Crippen LogP contribution in [0, 0.1) is 23.2 Å². The molecule has 5 heteroatoms. The largest absolute Gasteiger partial charge is 0.395 e. The number of hydrogen-bond acceptors (Lipinski definition) is 3. The number of aliphatic hydroxyl groups excluding tert-OH is 1. The minimum atomic E-state index is -0.186. The molecule has 1 amide bonds. The Morgan fingerprint density at radius 1 is 1.52 bits per heavy atom. The molecule has 1 aromatic rings. The van der Waals surface area contributed by atoms with Crippen LogP contribution >= 0.6 is 11.6 Å². The summed E-state index contributed by atoms with van der Waals surface area (Å²) in [4.78, 5) is 13.8. The Morgan fingerprint density at radius 2 is 2.24 bits per heavy atom. The Balaban J connectivity index is 2.91. The van der Waals surface area contributed by atoms with Crippen molar-refractivity contribution in [3.8, 4) is 17.9 Å². The molecule has 110 valence electrons. The molecule has 0 spiro atoms. The SMILES string of the molecule is CC(CC#N)N(C)C(=O)c1ccc(C#CCCO)c(Cl)c1. The van der Waals surface area contributed by atoms with E-state index >= 15 is 0 Å². The average molecular weight is 305 g/mol. The number of carbonyl (C=O) groups excluding carboxylic acids is 1. The highest BCUT2D eigenvalue weighted by molar-refractivity contribution is 6.32. The van der Waals surface area contributed by atoms with Crippen molar-refractivity contribution in [3.05, 3.63) is 34.3 Å². The molecule has 0 aliphatic rings. The van der Waals surface area contributed by atoms with Gasteiger partial charge in [0.2, 0.25) is 0 Å². The van der Waals surface area contributed by atoms with Crippen LogP contribution in [-0.4, -0.2) is 35.6 Å². The molecular formula is C16H17ClN2O2. The molecule has 0 bridgehead atoms. The summed E-state index contributed by atoms with van der Waals surface area (Å²) < 4.78 is 0. The molecule has 1 atom stereocenters. The molecule has 0 saturated heterocycles. The van der Waals surface area contributed by atoms with Crippen LogP contribution in [0.25, 0.3) is 0 Å². The minimum absolute atomic E-state index is 0.00274. The standard InChI is InChI=1S/C16H17ClN2O2/c1-12(8-9-18)19(2)16(21)14-7-6-13(15(17)11-14)5-3-4-10-20/h6-7,11-12,20H,4,8,10H2,1-2H3. The van der Waals surface area contributed by atoms with Crippen molar-refractivity contribution in [1.29, 1.82) is 5.26 Å². The van der Waals surface area contributed by atoms with Gasteiger partial charge in [0.05, 0.1) is 24.1 Å². The zero-order valence-corrected chi connectivity index (χ0v) is 12.8. The lowest BCUT2D eigenvalue weighted by molar-refractivity contribution is 0.0746. The minimum Gasteiger partial charge on any atom is -0.395 e. The van der Waals surface area contributed by atoms with Crippen molar-refractivity contribution in [2.24, 2.45) is 0 Å². The lowest BCUT2D eigenvalue weighted by Gasteiger charge is -2.23. The number of aliphatic hydroxyl groups is 1. The molecule has 21 heavy (non-hydrogen) atoms. The van der Waals surface area contributed by atoms with Gasteiger partial charge in [0.25, 0.3) is 5.91 Å². The molecular weight excluding hydrogens is 288 g/mol. The topological polar surface area (TPSA) is 64.3 Å². The first-order valence-corrected chi connectivity index (χ1v) is 6.92. The second-order valence-corrected chi connectivity index (χ2v) is 5.00. The Hall–Kier alpha value is -2.01. The molecule has 0 saturated carbocycles. The normalized spacial score (nSPS) is 11.0. The van der Waals surface area contributed by atoms with Gasteiger partial charge in [-0.25, -0.2) is 0 Å². The smallest absolute Gasteiger partial charge is 0.253 e. The number of rotatable bonds is 4. The maximum absolute atomic E-state index is 12.3. The van der Waals surface area contributed by atoms with E-state index in [-0.39, 0.29) is 25.0 Å². The Morgan fingerprint density at radius 3 is 2.81 bits per heavy atom. The van der Waals surface area contributed by atoms with Gasteiger partial charge in [0, 0.05) is 30.6 Å². The number of benzene rings is 1. The Kier molecular flexibility index (Phi) is 6.75. The van der Waals surface area contributed by atoms with Gasteiger partial charge in [0.15, 0.2) is 0 Å². The van der Waals surface area contributed by atoms with E-state index < -0.39 is 0 Å². The van der Waals surface area contributed by atoms with Crippen LogP contribution in [-0.2, 0) is 0 Å². The Bertz CT molecular complexity index is 611. The van der Waals surface area contributed by atoms with E-state index in [2.05, 4.69) is 11.8 Å². The molecule has 0 aromatic heterocycles. The lowest BCUT2D eigenvalue weighted by Crippen LogP contribution is -2.34. The van der Waals surface area contributed by atoms with Crippen LogP contribution in [0.15, 0.2) is 18.2 Å². The highest BCUT2D eigenvalue weighted by Gasteiger charge is 2.17. The van der Waals surface area contributed by atoms with Gasteiger partial charge < -0.3 is 10.0 Å². The molecule has 1 N–H and O–H groups in total. The van der Waals surface area contributed by atoms with Crippen molar-refractivity contribution < 1.29 is 9.90 Å². The van der Waals surface area contributed by atoms with Gasteiger partial charge in [-0.05, 0) is 25.1 Å². The highest BCUT2D eigenvalue weighted by Crippen LogP contribution is 2.19. The summed E-state index contributed by atoms with van der Waals surface area (Å²) in [6.07, 6.45) is 0.659. The highest BCUT2D eigenvalue weighted by atomic mass is 35.5. The molecule has 1 aromatic carbocycles. The molecule has 0 aliphatic heterocycles. The second kappa shape index (κ2) is 8.32. The van der Waals surface area contributed by atoms with Crippen LogP contribution in [0.3, 0.4) is 0 Å². The predicted octanol–water partition coefficient (Wildman–Crippen LogP) is 2.45. The lowest BCUT2D eigenvalue weighted by atomic mass is 10.1. The van der Waals surface area contributed by atoms with Crippen LogP contribution in [0.5, 0.6) is 0 Å². The average Bonchev–Trinajstić information content (AvgIpc) is 2.47. The zero-order chi connectivity index (χ0) is 15.8. The van der Waals surface area contributed by atoms with Crippen molar-refractivity contribution in [2.45, 2.75) is 25.8 Å². The fourth-order valence-electron chi connectivity index (χ4n) is 1.64. The van der Waals surface area contributed by atoms with Crippen molar-refractivity contribution in [1.82, 2.24) is 4.90 Å². The van der Waals surface area contributed by atoms with Gasteiger partial charge in [-0.15, -0.1) is 0 Å².